The highest BCUT2D eigenvalue weighted by atomic mass is 19.1. The number of rotatable bonds is 1. The Morgan fingerprint density at radius 2 is 2.23 bits per heavy atom. The maximum atomic E-state index is 12.7. The number of benzene rings is 1. The van der Waals surface area contributed by atoms with Crippen LogP contribution in [0.15, 0.2) is 12.1 Å². The monoisotopic (exact) mass is 179 g/mol. The Bertz CT molecular complexity index is 409. The number of hydrogen-bond donors (Lipinski definition) is 1. The number of aromatic carboxylic acids is 1. The van der Waals surface area contributed by atoms with Crippen molar-refractivity contribution in [3.8, 4) is 6.07 Å². The van der Waals surface area contributed by atoms with Gasteiger partial charge in [0.05, 0.1) is 23.3 Å². The quantitative estimate of drug-likeness (QED) is 0.596. The van der Waals surface area contributed by atoms with Crippen LogP contribution in [-0.4, -0.2) is 5.97 Å². The summed E-state index contributed by atoms with van der Waals surface area (Å²) in [6, 6.07) is 3.16. The molecule has 0 atom stereocenters. The number of nitrogens with zero attached hydrogens (tertiary/aromatic N) is 1. The lowest BCUT2D eigenvalue weighted by atomic mass is 10.1. The van der Waals surface area contributed by atoms with Crippen LogP contribution in [0, 0.1) is 17.1 Å². The lowest BCUT2D eigenvalue weighted by Crippen LogP contribution is -2.23. The van der Waals surface area contributed by atoms with Crippen LogP contribution in [0.3, 0.4) is 0 Å². The first-order valence-corrected chi connectivity index (χ1v) is 3.26. The molecule has 0 radical (unpaired) electrons. The van der Waals surface area contributed by atoms with Gasteiger partial charge in [-0.1, -0.05) is 0 Å². The van der Waals surface area contributed by atoms with Crippen molar-refractivity contribution in [3.63, 3.8) is 0 Å². The van der Waals surface area contributed by atoms with Gasteiger partial charge in [-0.3, -0.25) is 0 Å². The van der Waals surface area contributed by atoms with Gasteiger partial charge in [0.2, 0.25) is 0 Å². The highest BCUT2D eigenvalue weighted by molar-refractivity contribution is 5.90. The lowest BCUT2D eigenvalue weighted by molar-refractivity contribution is -0.255. The molecule has 0 aliphatic heterocycles. The van der Waals surface area contributed by atoms with Crippen molar-refractivity contribution < 1.29 is 14.3 Å². The molecule has 2 N–H and O–H groups in total. The van der Waals surface area contributed by atoms with Crippen molar-refractivity contribution in [2.45, 2.75) is 0 Å². The summed E-state index contributed by atoms with van der Waals surface area (Å²) in [4.78, 5) is 10.4. The van der Waals surface area contributed by atoms with Gasteiger partial charge in [0.1, 0.15) is 5.82 Å². The Morgan fingerprint density at radius 3 is 2.69 bits per heavy atom. The number of nitriles is 1. The Hall–Kier alpha value is -2.09. The third kappa shape index (κ3) is 1.56. The standard InChI is InChI=1S/C8H5FN2O2/c9-6-1-4(3-10)5(8(12)13)2-7(6)11/h1-2H,11H2,(H,12,13)/p-1. The van der Waals surface area contributed by atoms with Crippen molar-refractivity contribution in [3.05, 3.63) is 29.1 Å². The number of carbonyl (C=O) groups is 1. The predicted octanol–water partition coefficient (Wildman–Crippen LogP) is -0.357. The van der Waals surface area contributed by atoms with E-state index < -0.39 is 17.3 Å². The molecule has 0 unspecified atom stereocenters. The van der Waals surface area contributed by atoms with Gasteiger partial charge in [-0.2, -0.15) is 5.26 Å². The lowest BCUT2D eigenvalue weighted by Gasteiger charge is -2.06. The molecule has 1 rings (SSSR count). The largest absolute Gasteiger partial charge is 0.545 e. The molecule has 13 heavy (non-hydrogen) atoms. The maximum Gasteiger partial charge on any atom is 0.147 e. The first-order valence-electron chi connectivity index (χ1n) is 3.26. The highest BCUT2D eigenvalue weighted by Gasteiger charge is 2.07. The van der Waals surface area contributed by atoms with E-state index in [9.17, 15) is 14.3 Å². The van der Waals surface area contributed by atoms with Crippen LogP contribution >= 0.6 is 0 Å². The molecule has 0 aliphatic carbocycles. The van der Waals surface area contributed by atoms with Crippen LogP contribution in [-0.2, 0) is 0 Å². The van der Waals surface area contributed by atoms with Gasteiger partial charge in [0.15, 0.2) is 0 Å². The van der Waals surface area contributed by atoms with E-state index in [1.807, 2.05) is 0 Å². The minimum absolute atomic E-state index is 0.299. The molecule has 5 heteroatoms. The summed E-state index contributed by atoms with van der Waals surface area (Å²) in [7, 11) is 0. The molecule has 4 nitrogen and oxygen atoms in total. The molecule has 0 amide bonds. The Labute approximate surface area is 73.0 Å². The zero-order chi connectivity index (χ0) is 10.0. The number of hydrogen-bond acceptors (Lipinski definition) is 4. The number of anilines is 1. The summed E-state index contributed by atoms with van der Waals surface area (Å²) in [6.07, 6.45) is 0. The summed E-state index contributed by atoms with van der Waals surface area (Å²) in [5, 5.41) is 18.8. The topological polar surface area (TPSA) is 89.9 Å². The summed E-state index contributed by atoms with van der Waals surface area (Å²) < 4.78 is 12.7. The molecule has 0 fully saturated rings. The molecular formula is C8H4FN2O2-. The van der Waals surface area contributed by atoms with E-state index in [0.717, 1.165) is 12.1 Å². The number of carboxylic acids is 1. The SMILES string of the molecule is N#Cc1cc(F)c(N)cc1C(=O)[O-]. The second-order valence-corrected chi connectivity index (χ2v) is 2.32. The van der Waals surface area contributed by atoms with Crippen molar-refractivity contribution in [1.29, 1.82) is 5.26 Å². The van der Waals surface area contributed by atoms with Crippen LogP contribution in [0.25, 0.3) is 0 Å². The second-order valence-electron chi connectivity index (χ2n) is 2.32. The van der Waals surface area contributed by atoms with Crippen molar-refractivity contribution in [2.75, 3.05) is 5.73 Å². The molecule has 66 valence electrons. The van der Waals surface area contributed by atoms with E-state index in [0.29, 0.717) is 0 Å². The second kappa shape index (κ2) is 3.11. The number of nitrogens with two attached hydrogens (primary N) is 1. The van der Waals surface area contributed by atoms with Gasteiger partial charge in [0.25, 0.3) is 0 Å². The molecule has 0 saturated heterocycles. The van der Waals surface area contributed by atoms with Crippen molar-refractivity contribution in [2.24, 2.45) is 0 Å². The Kier molecular flexibility index (Phi) is 2.15. The summed E-state index contributed by atoms with van der Waals surface area (Å²) in [5.74, 6) is -2.37. The summed E-state index contributed by atoms with van der Waals surface area (Å²) >= 11 is 0. The molecule has 0 aromatic heterocycles. The molecule has 0 bridgehead atoms. The zero-order valence-electron chi connectivity index (χ0n) is 6.37. The predicted molar refractivity (Wildman–Crippen MR) is 39.9 cm³/mol. The Balaban J connectivity index is 3.44. The summed E-state index contributed by atoms with van der Waals surface area (Å²) in [6.45, 7) is 0. The van der Waals surface area contributed by atoms with Crippen molar-refractivity contribution in [1.82, 2.24) is 0 Å². The summed E-state index contributed by atoms with van der Waals surface area (Å²) in [5.41, 5.74) is 4.08. The van der Waals surface area contributed by atoms with Gasteiger partial charge in [0, 0.05) is 5.56 Å². The van der Waals surface area contributed by atoms with Crippen LogP contribution < -0.4 is 10.8 Å². The van der Waals surface area contributed by atoms with Crippen LogP contribution in [0.5, 0.6) is 0 Å². The zero-order valence-corrected chi connectivity index (χ0v) is 6.37. The van der Waals surface area contributed by atoms with Crippen molar-refractivity contribution >= 4 is 11.7 Å². The minimum Gasteiger partial charge on any atom is -0.545 e. The Morgan fingerprint density at radius 1 is 1.62 bits per heavy atom. The van der Waals surface area contributed by atoms with E-state index in [1.54, 1.807) is 0 Å². The molecule has 0 aliphatic rings. The van der Waals surface area contributed by atoms with E-state index in [1.165, 1.54) is 6.07 Å². The van der Waals surface area contributed by atoms with E-state index in [-0.39, 0.29) is 11.3 Å². The van der Waals surface area contributed by atoms with Gasteiger partial charge in [-0.05, 0) is 12.1 Å². The van der Waals surface area contributed by atoms with E-state index in [4.69, 9.17) is 11.0 Å². The maximum absolute atomic E-state index is 12.7. The molecule has 0 saturated carbocycles. The van der Waals surface area contributed by atoms with Crippen LogP contribution in [0.1, 0.15) is 15.9 Å². The number of nitrogen functional groups attached to an aromatic ring is 1. The fourth-order valence-corrected chi connectivity index (χ4v) is 0.851. The number of halogens is 1. The van der Waals surface area contributed by atoms with Crippen LogP contribution in [0.4, 0.5) is 10.1 Å². The third-order valence-electron chi connectivity index (χ3n) is 1.48. The van der Waals surface area contributed by atoms with Gasteiger partial charge in [-0.25, -0.2) is 4.39 Å². The third-order valence-corrected chi connectivity index (χ3v) is 1.48. The van der Waals surface area contributed by atoms with E-state index >= 15 is 0 Å². The fraction of sp³-hybridized carbons (Fsp3) is 0. The van der Waals surface area contributed by atoms with Gasteiger partial charge < -0.3 is 15.6 Å². The number of carbonyl (C=O) groups excluding carboxylic acids is 1. The fourth-order valence-electron chi connectivity index (χ4n) is 0.851. The van der Waals surface area contributed by atoms with Gasteiger partial charge in [-0.15, -0.1) is 0 Å². The number of carboxylic acid groups (broad SMARTS) is 1. The normalized spacial score (nSPS) is 9.23. The first-order chi connectivity index (χ1) is 6.06. The smallest absolute Gasteiger partial charge is 0.147 e. The molecular weight excluding hydrogens is 175 g/mol. The average Bonchev–Trinajstić information content (AvgIpc) is 2.08. The van der Waals surface area contributed by atoms with E-state index in [2.05, 4.69) is 0 Å². The van der Waals surface area contributed by atoms with Crippen LogP contribution in [0.2, 0.25) is 0 Å². The average molecular weight is 179 g/mol. The molecule has 0 spiro atoms. The molecule has 1 aromatic carbocycles. The first kappa shape index (κ1) is 9.00. The minimum atomic E-state index is -1.55. The molecule has 0 heterocycles. The highest BCUT2D eigenvalue weighted by Crippen LogP contribution is 2.16. The molecule has 1 aromatic rings. The van der Waals surface area contributed by atoms with Gasteiger partial charge >= 0.3 is 0 Å².